The van der Waals surface area contributed by atoms with E-state index in [1.807, 2.05) is 66.7 Å². The summed E-state index contributed by atoms with van der Waals surface area (Å²) in [5, 5.41) is 1.93. The zero-order valence-corrected chi connectivity index (χ0v) is 28.8. The van der Waals surface area contributed by atoms with Crippen molar-refractivity contribution in [1.82, 2.24) is 9.97 Å². The Labute approximate surface area is 349 Å². The van der Waals surface area contributed by atoms with Crippen LogP contribution in [0, 0.1) is 0 Å². The second kappa shape index (κ2) is 12.8. The second-order valence-corrected chi connectivity index (χ2v) is 13.3. The van der Waals surface area contributed by atoms with Gasteiger partial charge in [-0.3, -0.25) is 0 Å². The Morgan fingerprint density at radius 2 is 1.20 bits per heavy atom. The summed E-state index contributed by atoms with van der Waals surface area (Å²) < 4.78 is 187. The molecular weight excluding hydrogens is 691 g/mol. The van der Waals surface area contributed by atoms with Gasteiger partial charge in [-0.25, -0.2) is 9.97 Å². The van der Waals surface area contributed by atoms with Gasteiger partial charge in [0.05, 0.1) is 43.3 Å². The molecule has 258 valence electrons. The van der Waals surface area contributed by atoms with Gasteiger partial charge in [0, 0.05) is 49.0 Å². The average Bonchev–Trinajstić information content (AvgIpc) is 3.99. The molecule has 0 atom stereocenters. The zero-order valence-electron chi connectivity index (χ0n) is 48.0. The Kier molecular flexibility index (Phi) is 4.04. The van der Waals surface area contributed by atoms with Crippen LogP contribution in [0.3, 0.4) is 0 Å². The molecule has 8 aromatic carbocycles. The van der Waals surface area contributed by atoms with Crippen molar-refractivity contribution in [1.29, 1.82) is 0 Å². The zero-order chi connectivity index (χ0) is 53.7. The number of para-hydroxylation sites is 3. The molecule has 0 amide bonds. The summed E-state index contributed by atoms with van der Waals surface area (Å²) in [6.45, 7) is 0. The molecule has 0 fully saturated rings. The highest BCUT2D eigenvalue weighted by atomic mass is 32.1. The first-order valence-corrected chi connectivity index (χ1v) is 17.6. The summed E-state index contributed by atoms with van der Waals surface area (Å²) in [7, 11) is 0. The Morgan fingerprint density at radius 1 is 0.527 bits per heavy atom. The number of furan rings is 1. The van der Waals surface area contributed by atoms with Crippen LogP contribution in [-0.2, 0) is 0 Å². The molecule has 0 saturated carbocycles. The minimum atomic E-state index is -1.07. The summed E-state index contributed by atoms with van der Waals surface area (Å²) >= 11 is 1.41. The van der Waals surface area contributed by atoms with Crippen LogP contribution in [0.25, 0.3) is 86.8 Å². The molecule has 0 spiro atoms. The highest BCUT2D eigenvalue weighted by Crippen LogP contribution is 2.44. The van der Waals surface area contributed by atoms with Crippen LogP contribution in [-0.4, -0.2) is 9.97 Å². The van der Waals surface area contributed by atoms with Crippen LogP contribution in [0.4, 0.5) is 17.1 Å². The number of rotatable bonds is 6. The number of hydrogen-bond acceptors (Lipinski definition) is 5. The Morgan fingerprint density at radius 3 is 2.00 bits per heavy atom. The number of aromatic nitrogens is 2. The van der Waals surface area contributed by atoms with Crippen LogP contribution in [0.15, 0.2) is 192 Å². The Hall–Kier alpha value is -7.08. The van der Waals surface area contributed by atoms with Gasteiger partial charge in [0.1, 0.15) is 11.2 Å². The largest absolute Gasteiger partial charge is 0.456 e. The second-order valence-electron chi connectivity index (χ2n) is 12.2. The summed E-state index contributed by atoms with van der Waals surface area (Å²) in [6.07, 6.45) is 0. The minimum absolute atomic E-state index is 0.195. The van der Waals surface area contributed by atoms with Crippen molar-refractivity contribution in [3.8, 4) is 33.8 Å². The molecule has 3 heterocycles. The molecular formula is C50H31N3OS. The third kappa shape index (κ3) is 5.28. The first-order chi connectivity index (χ1) is 35.6. The lowest BCUT2D eigenvalue weighted by molar-refractivity contribution is 0.669. The number of nitrogens with zero attached hydrogens (tertiary/aromatic N) is 3. The van der Waals surface area contributed by atoms with E-state index in [9.17, 15) is 8.22 Å². The molecule has 4 nitrogen and oxygen atoms in total. The monoisotopic (exact) mass is 741 g/mol. The highest BCUT2D eigenvalue weighted by Gasteiger charge is 2.22. The van der Waals surface area contributed by atoms with Gasteiger partial charge >= 0.3 is 0 Å². The maximum absolute atomic E-state index is 10.2. The van der Waals surface area contributed by atoms with Crippen molar-refractivity contribution in [3.05, 3.63) is 188 Å². The molecule has 0 radical (unpaired) electrons. The van der Waals surface area contributed by atoms with Gasteiger partial charge in [0.15, 0.2) is 5.82 Å². The maximum atomic E-state index is 10.2. The predicted octanol–water partition coefficient (Wildman–Crippen LogP) is 14.4. The predicted molar refractivity (Wildman–Crippen MR) is 231 cm³/mol. The first-order valence-electron chi connectivity index (χ1n) is 26.8. The number of hydrogen-bond donors (Lipinski definition) is 0. The number of thiophene rings is 1. The van der Waals surface area contributed by atoms with E-state index in [1.54, 1.807) is 0 Å². The Balaban J connectivity index is 1.29. The van der Waals surface area contributed by atoms with E-state index in [0.29, 0.717) is 31.8 Å². The van der Waals surface area contributed by atoms with Crippen LogP contribution in [0.2, 0.25) is 0 Å². The van der Waals surface area contributed by atoms with Gasteiger partial charge in [-0.05, 0) is 82.3 Å². The summed E-state index contributed by atoms with van der Waals surface area (Å²) in [5.74, 6) is -0.208. The van der Waals surface area contributed by atoms with Gasteiger partial charge in [-0.15, -0.1) is 11.3 Å². The van der Waals surface area contributed by atoms with Gasteiger partial charge in [0.2, 0.25) is 0 Å². The van der Waals surface area contributed by atoms with Gasteiger partial charge < -0.3 is 9.32 Å². The third-order valence-electron chi connectivity index (χ3n) is 9.07. The van der Waals surface area contributed by atoms with Crippen LogP contribution in [0.1, 0.15) is 27.4 Å². The lowest BCUT2D eigenvalue weighted by atomic mass is 9.97. The number of benzene rings is 8. The van der Waals surface area contributed by atoms with Crippen molar-refractivity contribution >= 4 is 81.4 Å². The van der Waals surface area contributed by atoms with Crippen molar-refractivity contribution in [2.75, 3.05) is 4.90 Å². The number of fused-ring (bicyclic) bond motifs is 7. The van der Waals surface area contributed by atoms with E-state index in [0.717, 1.165) is 15.5 Å². The molecule has 0 N–H and O–H groups in total. The van der Waals surface area contributed by atoms with E-state index >= 15 is 0 Å². The summed E-state index contributed by atoms with van der Waals surface area (Å²) in [4.78, 5) is 10.7. The fourth-order valence-electron chi connectivity index (χ4n) is 6.68. The van der Waals surface area contributed by atoms with Crippen molar-refractivity contribution < 1.29 is 31.8 Å². The van der Waals surface area contributed by atoms with E-state index < -0.39 is 160 Å². The molecule has 0 saturated heterocycles. The van der Waals surface area contributed by atoms with Gasteiger partial charge in [0.25, 0.3) is 0 Å². The van der Waals surface area contributed by atoms with E-state index in [-0.39, 0.29) is 22.2 Å². The van der Waals surface area contributed by atoms with Crippen molar-refractivity contribution in [3.63, 3.8) is 0 Å². The lowest BCUT2D eigenvalue weighted by Gasteiger charge is -2.25. The number of anilines is 3. The van der Waals surface area contributed by atoms with E-state index in [2.05, 4.69) is 0 Å². The SMILES string of the molecule is [2H]c1c([2H])c([2H])c(N(c2c([2H])c([2H])c([2H])c([2H])c2[2H])c2c([2H])c([2H])c(-c3c([2H])c(-c4nc(-c5cccc6ccccc56)c5sc6ccccc6c5n4)c4c(oc5c([2H])c([2H])c([2H])c([2H])c54)c3[2H])c([2H])c2[2H])c([2H])c1[2H]. The molecule has 11 rings (SSSR count). The molecule has 3 aromatic heterocycles. The molecule has 55 heavy (non-hydrogen) atoms. The molecule has 0 bridgehead atoms. The summed E-state index contributed by atoms with van der Waals surface area (Å²) in [5.41, 5.74) is -3.75. The maximum Gasteiger partial charge on any atom is 0.161 e. The molecule has 5 heteroatoms. The fraction of sp³-hybridized carbons (Fsp3) is 0. The molecule has 0 unspecified atom stereocenters. The van der Waals surface area contributed by atoms with Crippen molar-refractivity contribution in [2.24, 2.45) is 0 Å². The van der Waals surface area contributed by atoms with E-state index in [1.165, 1.54) is 11.3 Å². The molecule has 0 aliphatic rings. The first kappa shape index (κ1) is 17.4. The molecule has 11 aromatic rings. The van der Waals surface area contributed by atoms with Crippen LogP contribution in [0.5, 0.6) is 0 Å². The van der Waals surface area contributed by atoms with Crippen LogP contribution < -0.4 is 4.90 Å². The van der Waals surface area contributed by atoms with Gasteiger partial charge in [-0.2, -0.15) is 0 Å². The normalized spacial score (nSPS) is 16.7. The van der Waals surface area contributed by atoms with Crippen molar-refractivity contribution in [2.45, 2.75) is 0 Å². The fourth-order valence-corrected chi connectivity index (χ4v) is 7.82. The minimum Gasteiger partial charge on any atom is -0.456 e. The van der Waals surface area contributed by atoms with E-state index in [4.69, 9.17) is 33.6 Å². The quantitative estimate of drug-likeness (QED) is 0.170. The Bertz CT molecular complexity index is 4240. The highest BCUT2D eigenvalue weighted by molar-refractivity contribution is 7.26. The average molecular weight is 742 g/mol. The standard InChI is InChI=1S/C50H31N3OS/c1-3-16-35(17-4-1)53(36-18-5-2-6-19-36)37-28-26-32(27-29-37)34-30-42(46-40-21-9-11-24-43(40)54-44(46)31-34)50-51-47(39-23-13-15-33-14-7-8-20-38(33)39)49-48(52-50)41-22-10-12-25-45(41)55-49/h1-31H/i1D,2D,3D,4D,5D,6D,9D,11D,16D,17D,18D,19D,21D,24D,26D,27D,28D,29D,30D,31D. The topological polar surface area (TPSA) is 42.2 Å². The molecule has 0 aliphatic carbocycles. The van der Waals surface area contributed by atoms with Crippen LogP contribution >= 0.6 is 11.3 Å². The molecule has 0 aliphatic heterocycles. The lowest BCUT2D eigenvalue weighted by Crippen LogP contribution is -2.09. The summed E-state index contributed by atoms with van der Waals surface area (Å²) in [6, 6.07) is 2.92. The van der Waals surface area contributed by atoms with Gasteiger partial charge in [-0.1, -0.05) is 127 Å². The smallest absolute Gasteiger partial charge is 0.161 e. The third-order valence-corrected chi connectivity index (χ3v) is 10.2.